The number of nitrogens with one attached hydrogen (secondary N) is 1. The number of hydrogen-bond donors (Lipinski definition) is 2. The molecule has 0 aromatic rings. The first-order valence-electron chi connectivity index (χ1n) is 4.54. The van der Waals surface area contributed by atoms with Crippen LogP contribution < -0.4 is 4.72 Å². The minimum Gasteiger partial charge on any atom is -0.480 e. The highest BCUT2D eigenvalue weighted by atomic mass is 32.2. The standard InChI is InChI=1S/C9H17NO4S/c1-6(8(12)13)10-15-5-7(11)14-9(2,3)4/h6,10H,5H2,1-4H3,(H,12,13). The van der Waals surface area contributed by atoms with Gasteiger partial charge in [0, 0.05) is 0 Å². The molecule has 0 aliphatic rings. The molecule has 1 unspecified atom stereocenters. The molecule has 0 aromatic carbocycles. The van der Waals surface area contributed by atoms with Crippen molar-refractivity contribution in [2.75, 3.05) is 5.75 Å². The van der Waals surface area contributed by atoms with Gasteiger partial charge in [-0.2, -0.15) is 0 Å². The summed E-state index contributed by atoms with van der Waals surface area (Å²) in [5.41, 5.74) is -0.504. The molecule has 1 atom stereocenters. The number of carboxylic acid groups (broad SMARTS) is 1. The predicted octanol–water partition coefficient (Wildman–Crippen LogP) is 1.04. The van der Waals surface area contributed by atoms with E-state index in [0.717, 1.165) is 11.9 Å². The van der Waals surface area contributed by atoms with Gasteiger partial charge in [0.25, 0.3) is 0 Å². The summed E-state index contributed by atoms with van der Waals surface area (Å²) in [7, 11) is 0. The molecule has 5 nitrogen and oxygen atoms in total. The zero-order chi connectivity index (χ0) is 12.1. The molecule has 0 aliphatic carbocycles. The summed E-state index contributed by atoms with van der Waals surface area (Å²) < 4.78 is 7.65. The van der Waals surface area contributed by atoms with Gasteiger partial charge in [-0.15, -0.1) is 0 Å². The van der Waals surface area contributed by atoms with Crippen LogP contribution in [0.25, 0.3) is 0 Å². The zero-order valence-corrected chi connectivity index (χ0v) is 10.2. The summed E-state index contributed by atoms with van der Waals surface area (Å²) in [5.74, 6) is -1.22. The van der Waals surface area contributed by atoms with Crippen LogP contribution in [0.15, 0.2) is 0 Å². The van der Waals surface area contributed by atoms with E-state index in [1.54, 1.807) is 20.8 Å². The number of aliphatic carboxylic acids is 1. The van der Waals surface area contributed by atoms with Crippen molar-refractivity contribution in [3.63, 3.8) is 0 Å². The van der Waals surface area contributed by atoms with E-state index < -0.39 is 17.6 Å². The van der Waals surface area contributed by atoms with Crippen molar-refractivity contribution in [2.24, 2.45) is 0 Å². The second kappa shape index (κ2) is 5.97. The highest BCUT2D eigenvalue weighted by molar-refractivity contribution is 7.98. The van der Waals surface area contributed by atoms with E-state index in [-0.39, 0.29) is 11.7 Å². The summed E-state index contributed by atoms with van der Waals surface area (Å²) in [6.45, 7) is 6.85. The largest absolute Gasteiger partial charge is 0.480 e. The lowest BCUT2D eigenvalue weighted by molar-refractivity contribution is -0.151. The maximum Gasteiger partial charge on any atom is 0.321 e. The first-order valence-corrected chi connectivity index (χ1v) is 5.53. The van der Waals surface area contributed by atoms with E-state index in [1.165, 1.54) is 6.92 Å². The van der Waals surface area contributed by atoms with Gasteiger partial charge in [0.1, 0.15) is 17.4 Å². The Kier molecular flexibility index (Phi) is 5.67. The Bertz CT molecular complexity index is 237. The molecule has 0 amide bonds. The van der Waals surface area contributed by atoms with Crippen LogP contribution in [0.3, 0.4) is 0 Å². The van der Waals surface area contributed by atoms with Gasteiger partial charge in [-0.25, -0.2) is 4.72 Å². The lowest BCUT2D eigenvalue weighted by Crippen LogP contribution is -2.31. The average Bonchev–Trinajstić information content (AvgIpc) is 2.00. The summed E-state index contributed by atoms with van der Waals surface area (Å²) >= 11 is 1.03. The number of esters is 1. The summed E-state index contributed by atoms with van der Waals surface area (Å²) in [4.78, 5) is 21.6. The van der Waals surface area contributed by atoms with E-state index in [1.807, 2.05) is 0 Å². The summed E-state index contributed by atoms with van der Waals surface area (Å²) in [6, 6.07) is -0.683. The molecule has 0 spiro atoms. The molecule has 0 bridgehead atoms. The Morgan fingerprint density at radius 3 is 2.40 bits per heavy atom. The molecule has 0 aromatic heterocycles. The Morgan fingerprint density at radius 1 is 1.47 bits per heavy atom. The summed E-state index contributed by atoms with van der Waals surface area (Å²) in [5, 5.41) is 8.54. The van der Waals surface area contributed by atoms with Gasteiger partial charge in [-0.1, -0.05) is 11.9 Å². The molecule has 2 N–H and O–H groups in total. The highest BCUT2D eigenvalue weighted by Crippen LogP contribution is 2.08. The van der Waals surface area contributed by atoms with Crippen molar-refractivity contribution in [1.29, 1.82) is 0 Å². The SMILES string of the molecule is CC(NSCC(=O)OC(C)(C)C)C(=O)O. The second-order valence-corrected chi connectivity index (χ2v) is 4.87. The van der Waals surface area contributed by atoms with Crippen LogP contribution in [0.5, 0.6) is 0 Å². The Labute approximate surface area is 93.7 Å². The fraction of sp³-hybridized carbons (Fsp3) is 0.778. The van der Waals surface area contributed by atoms with E-state index in [2.05, 4.69) is 4.72 Å². The lowest BCUT2D eigenvalue weighted by Gasteiger charge is -2.19. The topological polar surface area (TPSA) is 75.6 Å². The molecule has 88 valence electrons. The molecular weight excluding hydrogens is 218 g/mol. The fourth-order valence-corrected chi connectivity index (χ4v) is 1.26. The van der Waals surface area contributed by atoms with E-state index >= 15 is 0 Å². The molecule has 0 rings (SSSR count). The number of rotatable bonds is 5. The predicted molar refractivity (Wildman–Crippen MR) is 58.5 cm³/mol. The molecule has 0 fully saturated rings. The van der Waals surface area contributed by atoms with Gasteiger partial charge < -0.3 is 9.84 Å². The molecule has 6 heteroatoms. The van der Waals surface area contributed by atoms with Crippen LogP contribution in [-0.4, -0.2) is 34.4 Å². The van der Waals surface area contributed by atoms with E-state index in [4.69, 9.17) is 9.84 Å². The van der Waals surface area contributed by atoms with E-state index in [9.17, 15) is 9.59 Å². The van der Waals surface area contributed by atoms with Crippen molar-refractivity contribution in [3.05, 3.63) is 0 Å². The number of carboxylic acids is 1. The lowest BCUT2D eigenvalue weighted by atomic mass is 10.2. The molecule has 0 saturated heterocycles. The fourth-order valence-electron chi connectivity index (χ4n) is 0.647. The molecule has 0 heterocycles. The maximum absolute atomic E-state index is 11.2. The molecule has 0 aliphatic heterocycles. The van der Waals surface area contributed by atoms with E-state index in [0.29, 0.717) is 0 Å². The minimum absolute atomic E-state index is 0.0922. The van der Waals surface area contributed by atoms with Gasteiger partial charge in [-0.3, -0.25) is 9.59 Å². The normalized spacial score (nSPS) is 13.3. The third kappa shape index (κ3) is 8.26. The van der Waals surface area contributed by atoms with Gasteiger partial charge in [-0.05, 0) is 27.7 Å². The number of carbonyl (C=O) groups excluding carboxylic acids is 1. The highest BCUT2D eigenvalue weighted by Gasteiger charge is 2.17. The van der Waals surface area contributed by atoms with Crippen molar-refractivity contribution in [3.8, 4) is 0 Å². The third-order valence-electron chi connectivity index (χ3n) is 1.24. The number of ether oxygens (including phenoxy) is 1. The van der Waals surface area contributed by atoms with Crippen molar-refractivity contribution >= 4 is 23.9 Å². The minimum atomic E-state index is -0.952. The quantitative estimate of drug-likeness (QED) is 0.548. The Hall–Kier alpha value is -0.750. The molecule has 15 heavy (non-hydrogen) atoms. The van der Waals surface area contributed by atoms with Crippen LogP contribution >= 0.6 is 11.9 Å². The first-order chi connectivity index (χ1) is 6.72. The zero-order valence-electron chi connectivity index (χ0n) is 9.36. The monoisotopic (exact) mass is 235 g/mol. The van der Waals surface area contributed by atoms with Crippen LogP contribution in [0.4, 0.5) is 0 Å². The smallest absolute Gasteiger partial charge is 0.321 e. The third-order valence-corrected chi connectivity index (χ3v) is 2.14. The van der Waals surface area contributed by atoms with Crippen molar-refractivity contribution < 1.29 is 19.4 Å². The van der Waals surface area contributed by atoms with Crippen LogP contribution in [0, 0.1) is 0 Å². The van der Waals surface area contributed by atoms with Gasteiger partial charge in [0.2, 0.25) is 0 Å². The maximum atomic E-state index is 11.2. The summed E-state index contributed by atoms with van der Waals surface area (Å²) in [6.07, 6.45) is 0. The molecule has 0 radical (unpaired) electrons. The second-order valence-electron chi connectivity index (χ2n) is 4.05. The van der Waals surface area contributed by atoms with Gasteiger partial charge in [0.05, 0.1) is 0 Å². The Balaban J connectivity index is 3.69. The first kappa shape index (κ1) is 14.2. The number of hydrogen-bond acceptors (Lipinski definition) is 5. The van der Waals surface area contributed by atoms with Crippen molar-refractivity contribution in [1.82, 2.24) is 4.72 Å². The molecular formula is C9H17NO4S. The van der Waals surface area contributed by atoms with Crippen LogP contribution in [0.1, 0.15) is 27.7 Å². The Morgan fingerprint density at radius 2 is 2.00 bits per heavy atom. The molecule has 0 saturated carbocycles. The number of carbonyl (C=O) groups is 2. The van der Waals surface area contributed by atoms with Gasteiger partial charge >= 0.3 is 11.9 Å². The van der Waals surface area contributed by atoms with Crippen LogP contribution in [-0.2, 0) is 14.3 Å². The van der Waals surface area contributed by atoms with Gasteiger partial charge in [0.15, 0.2) is 0 Å². The van der Waals surface area contributed by atoms with Crippen molar-refractivity contribution in [2.45, 2.75) is 39.3 Å². The average molecular weight is 235 g/mol. The van der Waals surface area contributed by atoms with Crippen LogP contribution in [0.2, 0.25) is 0 Å².